The lowest BCUT2D eigenvalue weighted by Crippen LogP contribution is -2.40. The zero-order valence-electron chi connectivity index (χ0n) is 9.05. The zero-order valence-corrected chi connectivity index (χ0v) is 12.2. The minimum atomic E-state index is 0.651. The maximum atomic E-state index is 3.82. The highest BCUT2D eigenvalue weighted by Gasteiger charge is 2.29. The molecule has 1 aromatic rings. The van der Waals surface area contributed by atoms with Crippen LogP contribution >= 0.6 is 31.9 Å². The highest BCUT2D eigenvalue weighted by atomic mass is 79.9. The topological polar surface area (TPSA) is 12.0 Å². The monoisotopic (exact) mass is 343 g/mol. The first-order chi connectivity index (χ1) is 7.65. The third kappa shape index (κ3) is 3.19. The van der Waals surface area contributed by atoms with Crippen LogP contribution in [0.1, 0.15) is 24.3 Å². The van der Waals surface area contributed by atoms with Crippen molar-refractivity contribution in [2.75, 3.05) is 6.54 Å². The maximum Gasteiger partial charge on any atom is 0.0268 e. The molecule has 16 heavy (non-hydrogen) atoms. The van der Waals surface area contributed by atoms with Crippen LogP contribution in [0.15, 0.2) is 39.8 Å². The van der Waals surface area contributed by atoms with Crippen molar-refractivity contribution in [3.05, 3.63) is 45.4 Å². The molecule has 1 aliphatic carbocycles. The van der Waals surface area contributed by atoms with Gasteiger partial charge in [-0.15, -0.1) is 0 Å². The first-order valence-electron chi connectivity index (χ1n) is 5.47. The van der Waals surface area contributed by atoms with Gasteiger partial charge in [-0.2, -0.15) is 0 Å². The molecule has 1 N–H and O–H groups in total. The van der Waals surface area contributed by atoms with Gasteiger partial charge in [-0.25, -0.2) is 0 Å². The van der Waals surface area contributed by atoms with E-state index in [-0.39, 0.29) is 0 Å². The molecule has 0 saturated heterocycles. The Hall–Kier alpha value is -0.120. The molecule has 0 aliphatic heterocycles. The van der Waals surface area contributed by atoms with Crippen LogP contribution in [0.4, 0.5) is 0 Å². The van der Waals surface area contributed by atoms with Crippen LogP contribution in [-0.2, 0) is 0 Å². The Kier molecular flexibility index (Phi) is 4.22. The fraction of sp³-hybridized carbons (Fsp3) is 0.385. The molecule has 1 aliphatic rings. The van der Waals surface area contributed by atoms with Gasteiger partial charge in [0, 0.05) is 21.5 Å². The summed E-state index contributed by atoms with van der Waals surface area (Å²) in [5.74, 6) is 0.721. The summed E-state index contributed by atoms with van der Waals surface area (Å²) in [7, 11) is 0. The van der Waals surface area contributed by atoms with E-state index < -0.39 is 0 Å². The Labute approximate surface area is 114 Å². The second-order valence-electron chi connectivity index (χ2n) is 4.32. The molecule has 1 aromatic carbocycles. The van der Waals surface area contributed by atoms with Crippen LogP contribution in [0.5, 0.6) is 0 Å². The minimum absolute atomic E-state index is 0.651. The van der Waals surface area contributed by atoms with Crippen molar-refractivity contribution in [2.24, 2.45) is 0 Å². The number of nitrogens with one attached hydrogen (secondary N) is 1. The van der Waals surface area contributed by atoms with E-state index in [4.69, 9.17) is 0 Å². The highest BCUT2D eigenvalue weighted by molar-refractivity contribution is 9.11. The minimum Gasteiger partial charge on any atom is -0.309 e. The van der Waals surface area contributed by atoms with E-state index in [0.29, 0.717) is 6.04 Å². The van der Waals surface area contributed by atoms with E-state index in [1.54, 1.807) is 0 Å². The first kappa shape index (κ1) is 12.3. The molecule has 0 radical (unpaired) electrons. The summed E-state index contributed by atoms with van der Waals surface area (Å²) in [5.41, 5.74) is 1.45. The van der Waals surface area contributed by atoms with Gasteiger partial charge in [0.1, 0.15) is 0 Å². The summed E-state index contributed by atoms with van der Waals surface area (Å²) in [6, 6.07) is 9.28. The van der Waals surface area contributed by atoms with E-state index in [2.05, 4.69) is 68.0 Å². The second-order valence-corrected chi connectivity index (χ2v) is 6.36. The van der Waals surface area contributed by atoms with Crippen molar-refractivity contribution in [1.82, 2.24) is 5.32 Å². The maximum absolute atomic E-state index is 3.82. The molecule has 1 nitrogen and oxygen atoms in total. The summed E-state index contributed by atoms with van der Waals surface area (Å²) in [6.45, 7) is 4.69. The van der Waals surface area contributed by atoms with Gasteiger partial charge in [0.15, 0.2) is 0 Å². The van der Waals surface area contributed by atoms with Gasteiger partial charge in [0.2, 0.25) is 0 Å². The van der Waals surface area contributed by atoms with Crippen molar-refractivity contribution in [2.45, 2.75) is 24.8 Å². The van der Waals surface area contributed by atoms with E-state index in [1.807, 2.05) is 0 Å². The van der Waals surface area contributed by atoms with Crippen molar-refractivity contribution in [3.8, 4) is 0 Å². The first-order valence-corrected chi connectivity index (χ1v) is 7.06. The lowest BCUT2D eigenvalue weighted by molar-refractivity contribution is 0.299. The van der Waals surface area contributed by atoms with E-state index in [0.717, 1.165) is 16.9 Å². The van der Waals surface area contributed by atoms with E-state index >= 15 is 0 Å². The van der Waals surface area contributed by atoms with Crippen molar-refractivity contribution < 1.29 is 0 Å². The molecular weight excluding hydrogens is 330 g/mol. The standard InChI is InChI=1S/C13H15Br2N/c1-9(14)8-16-13-6-11(7-13)10-3-2-4-12(15)5-10/h2-5,11,13,16H,1,6-8H2. The van der Waals surface area contributed by atoms with Gasteiger partial charge in [-0.1, -0.05) is 50.6 Å². The van der Waals surface area contributed by atoms with Gasteiger partial charge in [-0.3, -0.25) is 0 Å². The largest absolute Gasteiger partial charge is 0.309 e. The summed E-state index contributed by atoms with van der Waals surface area (Å²) in [6.07, 6.45) is 2.47. The lowest BCUT2D eigenvalue weighted by atomic mass is 9.76. The Bertz CT molecular complexity index is 383. The Morgan fingerprint density at radius 3 is 2.81 bits per heavy atom. The molecule has 0 unspecified atom stereocenters. The smallest absolute Gasteiger partial charge is 0.0268 e. The van der Waals surface area contributed by atoms with E-state index in [9.17, 15) is 0 Å². The number of benzene rings is 1. The third-order valence-corrected chi connectivity index (χ3v) is 3.81. The molecular formula is C13H15Br2N. The fourth-order valence-electron chi connectivity index (χ4n) is 2.07. The van der Waals surface area contributed by atoms with Crippen molar-refractivity contribution in [3.63, 3.8) is 0 Å². The van der Waals surface area contributed by atoms with Gasteiger partial charge in [0.05, 0.1) is 0 Å². The zero-order chi connectivity index (χ0) is 11.5. The fourth-order valence-corrected chi connectivity index (χ4v) is 2.65. The van der Waals surface area contributed by atoms with Crippen LogP contribution in [0.2, 0.25) is 0 Å². The average Bonchev–Trinajstić information content (AvgIpc) is 2.14. The summed E-state index contributed by atoms with van der Waals surface area (Å²) in [5, 5.41) is 3.47. The summed E-state index contributed by atoms with van der Waals surface area (Å²) < 4.78 is 2.20. The number of hydrogen-bond acceptors (Lipinski definition) is 1. The highest BCUT2D eigenvalue weighted by Crippen LogP contribution is 2.37. The summed E-state index contributed by atoms with van der Waals surface area (Å²) >= 11 is 6.88. The second kappa shape index (κ2) is 5.48. The normalized spacial score (nSPS) is 23.9. The van der Waals surface area contributed by atoms with Crippen LogP contribution in [-0.4, -0.2) is 12.6 Å². The Morgan fingerprint density at radius 2 is 2.19 bits per heavy atom. The molecule has 0 spiro atoms. The SMILES string of the molecule is C=C(Br)CNC1CC(c2cccc(Br)c2)C1. The predicted octanol–water partition coefficient (Wildman–Crippen LogP) is 4.19. The van der Waals surface area contributed by atoms with Gasteiger partial charge >= 0.3 is 0 Å². The molecule has 0 heterocycles. The van der Waals surface area contributed by atoms with Crippen molar-refractivity contribution >= 4 is 31.9 Å². The number of halogens is 2. The Morgan fingerprint density at radius 1 is 1.44 bits per heavy atom. The predicted molar refractivity (Wildman–Crippen MR) is 76.0 cm³/mol. The summed E-state index contributed by atoms with van der Waals surface area (Å²) in [4.78, 5) is 0. The lowest BCUT2D eigenvalue weighted by Gasteiger charge is -2.36. The third-order valence-electron chi connectivity index (χ3n) is 3.04. The van der Waals surface area contributed by atoms with Crippen LogP contribution in [0, 0.1) is 0 Å². The van der Waals surface area contributed by atoms with E-state index in [1.165, 1.54) is 22.9 Å². The van der Waals surface area contributed by atoms with Gasteiger partial charge < -0.3 is 5.32 Å². The molecule has 0 amide bonds. The van der Waals surface area contributed by atoms with Crippen LogP contribution < -0.4 is 5.32 Å². The molecule has 0 bridgehead atoms. The molecule has 1 fully saturated rings. The van der Waals surface area contributed by atoms with Crippen LogP contribution in [0.25, 0.3) is 0 Å². The molecule has 3 heteroatoms. The van der Waals surface area contributed by atoms with Gasteiger partial charge in [-0.05, 0) is 36.5 Å². The van der Waals surface area contributed by atoms with Crippen LogP contribution in [0.3, 0.4) is 0 Å². The molecule has 0 atom stereocenters. The number of rotatable bonds is 4. The molecule has 0 aromatic heterocycles. The van der Waals surface area contributed by atoms with Crippen molar-refractivity contribution in [1.29, 1.82) is 0 Å². The molecule has 2 rings (SSSR count). The average molecular weight is 345 g/mol. The Balaban J connectivity index is 1.82. The van der Waals surface area contributed by atoms with Gasteiger partial charge in [0.25, 0.3) is 0 Å². The number of hydrogen-bond donors (Lipinski definition) is 1. The molecule has 1 saturated carbocycles. The quantitative estimate of drug-likeness (QED) is 0.863. The molecule has 86 valence electrons.